The first kappa shape index (κ1) is 8.82. The van der Waals surface area contributed by atoms with E-state index in [-0.39, 0.29) is 0 Å². The van der Waals surface area contributed by atoms with Gasteiger partial charge in [0.1, 0.15) is 6.10 Å². The molecule has 0 saturated heterocycles. The number of hydrogen-bond acceptors (Lipinski definition) is 5. The Balaban J connectivity index is 2.80. The summed E-state index contributed by atoms with van der Waals surface area (Å²) in [6.07, 6.45) is -2.88. The predicted molar refractivity (Wildman–Crippen MR) is 33.3 cm³/mol. The van der Waals surface area contributed by atoms with Gasteiger partial charge in [0.25, 0.3) is 0 Å². The van der Waals surface area contributed by atoms with Crippen molar-refractivity contribution in [3.8, 4) is 0 Å². The molecule has 0 amide bonds. The van der Waals surface area contributed by atoms with Crippen molar-refractivity contribution in [3.63, 3.8) is 0 Å². The minimum Gasteiger partial charge on any atom is -0.505 e. The third-order valence-corrected chi connectivity index (χ3v) is 1.46. The second-order valence-corrected chi connectivity index (χ2v) is 2.29. The number of aliphatic hydroxyl groups is 3. The maximum Gasteiger partial charge on any atom is 0.383 e. The van der Waals surface area contributed by atoms with E-state index in [0.717, 1.165) is 0 Å². The van der Waals surface area contributed by atoms with Crippen molar-refractivity contribution < 1.29 is 30.0 Å². The lowest BCUT2D eigenvalue weighted by atomic mass is 10.2. The van der Waals surface area contributed by atoms with E-state index in [9.17, 15) is 9.90 Å². The number of hydrogen-bond donors (Lipinski definition) is 3. The molecule has 1 heterocycles. The average molecular weight is 175 g/mol. The summed E-state index contributed by atoms with van der Waals surface area (Å²) in [4.78, 5) is 10.5. The lowest BCUT2D eigenvalue weighted by molar-refractivity contribution is -0.148. The summed E-state index contributed by atoms with van der Waals surface area (Å²) in [5, 5.41) is 36.8. The van der Waals surface area contributed by atoms with Gasteiger partial charge < -0.3 is 20.1 Å². The fraction of sp³-hybridized carbons (Fsp3) is 0.500. The van der Waals surface area contributed by atoms with Gasteiger partial charge in [-0.2, -0.15) is 0 Å². The first-order valence-corrected chi connectivity index (χ1v) is 3.18. The Hall–Kier alpha value is -1.27. The molecule has 2 atom stereocenters. The number of carbonyl (C=O) groups is 1. The van der Waals surface area contributed by atoms with Crippen LogP contribution in [-0.4, -0.2) is 40.1 Å². The summed E-state index contributed by atoms with van der Waals surface area (Å²) < 4.78 is 4.25. The number of esters is 1. The molecule has 6 nitrogen and oxygen atoms in total. The summed E-state index contributed by atoms with van der Waals surface area (Å²) in [6, 6.07) is 0. The van der Waals surface area contributed by atoms with E-state index in [1.807, 2.05) is 0 Å². The van der Waals surface area contributed by atoms with Gasteiger partial charge in [-0.15, -0.1) is 0 Å². The monoisotopic (exact) mass is 175 g/mol. The zero-order chi connectivity index (χ0) is 9.30. The van der Waals surface area contributed by atoms with E-state index in [1.54, 1.807) is 0 Å². The standard InChI is InChI=1S/C6H7O6/c7-1-2(8)5-3(9)4(10)6(11)12-5/h2,5,7-9H,1H2. The van der Waals surface area contributed by atoms with Crippen LogP contribution < -0.4 is 0 Å². The van der Waals surface area contributed by atoms with Crippen LogP contribution >= 0.6 is 0 Å². The molecule has 0 spiro atoms. The minimum atomic E-state index is -1.46. The third-order valence-electron chi connectivity index (χ3n) is 1.46. The van der Waals surface area contributed by atoms with Crippen LogP contribution in [0.1, 0.15) is 0 Å². The molecule has 0 aromatic rings. The van der Waals surface area contributed by atoms with Gasteiger partial charge in [0.2, 0.25) is 0 Å². The molecule has 1 rings (SSSR count). The van der Waals surface area contributed by atoms with Crippen molar-refractivity contribution >= 4 is 5.97 Å². The van der Waals surface area contributed by atoms with E-state index < -0.39 is 36.3 Å². The molecule has 0 fully saturated rings. The zero-order valence-corrected chi connectivity index (χ0v) is 5.93. The fourth-order valence-electron chi connectivity index (χ4n) is 0.815. The van der Waals surface area contributed by atoms with Crippen molar-refractivity contribution in [2.75, 3.05) is 6.61 Å². The number of carbonyl (C=O) groups excluding carboxylic acids is 1. The summed E-state index contributed by atoms with van der Waals surface area (Å²) >= 11 is 0. The van der Waals surface area contributed by atoms with Gasteiger partial charge in [0.15, 0.2) is 11.9 Å². The topological polar surface area (TPSA) is 107 Å². The largest absolute Gasteiger partial charge is 0.505 e. The molecule has 3 N–H and O–H groups in total. The molecular formula is C6H7O6. The van der Waals surface area contributed by atoms with Gasteiger partial charge in [0, 0.05) is 0 Å². The zero-order valence-electron chi connectivity index (χ0n) is 5.93. The first-order valence-electron chi connectivity index (χ1n) is 3.18. The normalized spacial score (nSPS) is 25.8. The van der Waals surface area contributed by atoms with Crippen LogP contribution in [0.3, 0.4) is 0 Å². The molecule has 1 aliphatic rings. The molecule has 1 radical (unpaired) electrons. The summed E-state index contributed by atoms with van der Waals surface area (Å²) in [5.74, 6) is -3.25. The highest BCUT2D eigenvalue weighted by molar-refractivity contribution is 5.88. The molecule has 0 saturated carbocycles. The molecule has 0 aliphatic carbocycles. The fourth-order valence-corrected chi connectivity index (χ4v) is 0.815. The van der Waals surface area contributed by atoms with Crippen LogP contribution in [-0.2, 0) is 14.6 Å². The van der Waals surface area contributed by atoms with E-state index in [0.29, 0.717) is 0 Å². The molecule has 0 bridgehead atoms. The van der Waals surface area contributed by atoms with Crippen LogP contribution in [0.25, 0.3) is 0 Å². The average Bonchev–Trinajstić information content (AvgIpc) is 2.32. The highest BCUT2D eigenvalue weighted by Crippen LogP contribution is 2.21. The Morgan fingerprint density at radius 3 is 2.50 bits per heavy atom. The molecule has 12 heavy (non-hydrogen) atoms. The molecule has 0 aromatic heterocycles. The Labute approximate surface area is 67.3 Å². The Bertz CT molecular complexity index is 232. The van der Waals surface area contributed by atoms with Crippen LogP contribution in [0.4, 0.5) is 0 Å². The van der Waals surface area contributed by atoms with Gasteiger partial charge in [-0.25, -0.2) is 4.79 Å². The Morgan fingerprint density at radius 1 is 1.58 bits per heavy atom. The number of cyclic esters (lactones) is 1. The van der Waals surface area contributed by atoms with Crippen molar-refractivity contribution in [1.82, 2.24) is 0 Å². The lowest BCUT2D eigenvalue weighted by Gasteiger charge is -2.13. The van der Waals surface area contributed by atoms with E-state index in [4.69, 9.17) is 15.3 Å². The molecule has 6 heteroatoms. The predicted octanol–water partition coefficient (Wildman–Crippen LogP) is -1.53. The van der Waals surface area contributed by atoms with E-state index in [1.165, 1.54) is 0 Å². The van der Waals surface area contributed by atoms with Crippen molar-refractivity contribution in [2.24, 2.45) is 0 Å². The maximum absolute atomic E-state index is 10.6. The summed E-state index contributed by atoms with van der Waals surface area (Å²) in [6.45, 7) is -0.699. The van der Waals surface area contributed by atoms with Crippen LogP contribution in [0, 0.1) is 0 Å². The summed E-state index contributed by atoms with van der Waals surface area (Å²) in [7, 11) is 0. The van der Waals surface area contributed by atoms with Crippen LogP contribution in [0.5, 0.6) is 0 Å². The van der Waals surface area contributed by atoms with E-state index >= 15 is 0 Å². The van der Waals surface area contributed by atoms with Gasteiger partial charge in [-0.1, -0.05) is 0 Å². The van der Waals surface area contributed by atoms with Gasteiger partial charge in [-0.3, -0.25) is 5.11 Å². The van der Waals surface area contributed by atoms with Gasteiger partial charge >= 0.3 is 11.7 Å². The highest BCUT2D eigenvalue weighted by atomic mass is 16.6. The number of aliphatic hydroxyl groups excluding tert-OH is 3. The maximum atomic E-state index is 10.6. The second kappa shape index (κ2) is 3.00. The molecule has 1 aliphatic heterocycles. The molecule has 67 valence electrons. The highest BCUT2D eigenvalue weighted by Gasteiger charge is 2.40. The summed E-state index contributed by atoms with van der Waals surface area (Å²) in [5.41, 5.74) is 0. The lowest BCUT2D eigenvalue weighted by Crippen LogP contribution is -2.31. The van der Waals surface area contributed by atoms with Crippen molar-refractivity contribution in [3.05, 3.63) is 11.5 Å². The Morgan fingerprint density at radius 2 is 2.17 bits per heavy atom. The van der Waals surface area contributed by atoms with E-state index in [2.05, 4.69) is 4.74 Å². The third kappa shape index (κ3) is 1.21. The van der Waals surface area contributed by atoms with Crippen LogP contribution in [0.2, 0.25) is 0 Å². The molecular weight excluding hydrogens is 168 g/mol. The first-order chi connectivity index (χ1) is 5.57. The van der Waals surface area contributed by atoms with Crippen molar-refractivity contribution in [1.29, 1.82) is 0 Å². The second-order valence-electron chi connectivity index (χ2n) is 2.29. The molecule has 2 unspecified atom stereocenters. The van der Waals surface area contributed by atoms with Crippen LogP contribution in [0.15, 0.2) is 11.5 Å². The smallest absolute Gasteiger partial charge is 0.383 e. The Kier molecular flexibility index (Phi) is 2.20. The SMILES string of the molecule is [O]C1=C(O)C(C(O)CO)OC1=O. The number of rotatable bonds is 2. The van der Waals surface area contributed by atoms with Gasteiger partial charge in [-0.05, 0) is 0 Å². The molecule has 0 aromatic carbocycles. The quantitative estimate of drug-likeness (QED) is 0.441. The minimum absolute atomic E-state index is 0.699. The number of ether oxygens (including phenoxy) is 1. The van der Waals surface area contributed by atoms with Crippen molar-refractivity contribution in [2.45, 2.75) is 12.2 Å². The van der Waals surface area contributed by atoms with Gasteiger partial charge in [0.05, 0.1) is 6.61 Å².